The number of hydrogen-bond acceptors (Lipinski definition) is 6. The van der Waals surface area contributed by atoms with Gasteiger partial charge in [-0.1, -0.05) is 25.5 Å². The molecule has 0 radical (unpaired) electrons. The zero-order valence-electron chi connectivity index (χ0n) is 17.5. The number of nitrogens with one attached hydrogen (secondary N) is 1. The number of nitrogens with two attached hydrogens (primary N) is 1. The van der Waals surface area contributed by atoms with E-state index in [0.29, 0.717) is 23.4 Å². The van der Waals surface area contributed by atoms with Gasteiger partial charge in [0.05, 0.1) is 16.2 Å². The zero-order valence-corrected chi connectivity index (χ0v) is 18.3. The van der Waals surface area contributed by atoms with Crippen LogP contribution in [0.3, 0.4) is 0 Å². The second-order valence-corrected chi connectivity index (χ2v) is 9.80. The number of carbonyl (C=O) groups excluding carboxylic acids is 2. The van der Waals surface area contributed by atoms with Crippen LogP contribution in [0.4, 0.5) is 0 Å². The van der Waals surface area contributed by atoms with Crippen molar-refractivity contribution in [2.75, 3.05) is 19.8 Å². The highest BCUT2D eigenvalue weighted by Gasteiger charge is 2.51. The number of pyridine rings is 1. The van der Waals surface area contributed by atoms with E-state index in [2.05, 4.69) is 17.2 Å². The number of sulfone groups is 1. The molecular formula is C22H27N3O5S. The summed E-state index contributed by atoms with van der Waals surface area (Å²) in [6.45, 7) is 3.01. The molecule has 2 aromatic rings. The third-order valence-electron chi connectivity index (χ3n) is 5.57. The first-order valence-electron chi connectivity index (χ1n) is 10.3. The lowest BCUT2D eigenvalue weighted by atomic mass is 9.98. The van der Waals surface area contributed by atoms with E-state index in [4.69, 9.17) is 10.5 Å². The monoisotopic (exact) mass is 445 g/mol. The van der Waals surface area contributed by atoms with Crippen LogP contribution >= 0.6 is 0 Å². The van der Waals surface area contributed by atoms with Crippen molar-refractivity contribution in [1.29, 1.82) is 0 Å². The minimum atomic E-state index is -3.98. The number of benzene rings is 1. The van der Waals surface area contributed by atoms with Crippen LogP contribution < -0.4 is 11.1 Å². The van der Waals surface area contributed by atoms with Crippen LogP contribution in [-0.2, 0) is 19.4 Å². The maximum Gasteiger partial charge on any atom is 0.252 e. The Morgan fingerprint density at radius 1 is 1.13 bits per heavy atom. The van der Waals surface area contributed by atoms with E-state index in [1.54, 1.807) is 24.3 Å². The summed E-state index contributed by atoms with van der Waals surface area (Å²) < 4.78 is 30.0. The van der Waals surface area contributed by atoms with E-state index in [-0.39, 0.29) is 36.9 Å². The van der Waals surface area contributed by atoms with Gasteiger partial charge in [0.2, 0.25) is 5.91 Å². The van der Waals surface area contributed by atoms with Crippen molar-refractivity contribution in [2.24, 2.45) is 5.73 Å². The van der Waals surface area contributed by atoms with Crippen LogP contribution in [-0.4, -0.2) is 49.7 Å². The molecule has 3 N–H and O–H groups in total. The molecule has 3 rings (SSSR count). The average Bonchev–Trinajstić information content (AvgIpc) is 2.79. The van der Waals surface area contributed by atoms with Gasteiger partial charge in [-0.25, -0.2) is 8.42 Å². The lowest BCUT2D eigenvalue weighted by Crippen LogP contribution is -2.53. The number of ether oxygens (including phenoxy) is 1. The van der Waals surface area contributed by atoms with Gasteiger partial charge in [-0.05, 0) is 43.5 Å². The number of primary amides is 1. The standard InChI is InChI=1S/C22H27N3O5S/c1-2-3-12-24-20(26)17-6-9-19(25-15-17)16-4-7-18(8-5-16)31(28,29)22(21(23)27)10-13-30-14-11-22/h4-9,15H,2-3,10-14H2,1H3,(H2,23,27)(H,24,26). The molecule has 1 saturated heterocycles. The van der Waals surface area contributed by atoms with Crippen molar-refractivity contribution in [3.63, 3.8) is 0 Å². The summed E-state index contributed by atoms with van der Waals surface area (Å²) in [6, 6.07) is 9.56. The van der Waals surface area contributed by atoms with E-state index in [1.165, 1.54) is 18.3 Å². The highest BCUT2D eigenvalue weighted by Crippen LogP contribution is 2.35. The average molecular weight is 446 g/mol. The van der Waals surface area contributed by atoms with E-state index >= 15 is 0 Å². The molecule has 1 fully saturated rings. The molecule has 1 aromatic heterocycles. The van der Waals surface area contributed by atoms with Crippen molar-refractivity contribution < 1.29 is 22.7 Å². The van der Waals surface area contributed by atoms with Crippen molar-refractivity contribution in [3.05, 3.63) is 48.2 Å². The molecule has 0 atom stereocenters. The molecule has 166 valence electrons. The van der Waals surface area contributed by atoms with E-state index in [0.717, 1.165) is 12.8 Å². The number of aromatic nitrogens is 1. The Hall–Kier alpha value is -2.78. The summed E-state index contributed by atoms with van der Waals surface area (Å²) in [6.07, 6.45) is 3.48. The van der Waals surface area contributed by atoms with Crippen LogP contribution in [0.1, 0.15) is 43.0 Å². The highest BCUT2D eigenvalue weighted by molar-refractivity contribution is 7.93. The van der Waals surface area contributed by atoms with E-state index < -0.39 is 20.5 Å². The minimum Gasteiger partial charge on any atom is -0.381 e. The van der Waals surface area contributed by atoms with Gasteiger partial charge >= 0.3 is 0 Å². The summed E-state index contributed by atoms with van der Waals surface area (Å²) >= 11 is 0. The van der Waals surface area contributed by atoms with Crippen LogP contribution in [0.5, 0.6) is 0 Å². The normalized spacial score (nSPS) is 15.9. The molecule has 2 amide bonds. The fourth-order valence-electron chi connectivity index (χ4n) is 3.56. The lowest BCUT2D eigenvalue weighted by molar-refractivity contribution is -0.122. The largest absolute Gasteiger partial charge is 0.381 e. The maximum absolute atomic E-state index is 13.2. The van der Waals surface area contributed by atoms with Gasteiger partial charge in [-0.15, -0.1) is 0 Å². The van der Waals surface area contributed by atoms with Gasteiger partial charge in [0.25, 0.3) is 5.91 Å². The predicted octanol–water partition coefficient (Wildman–Crippen LogP) is 2.09. The molecule has 0 unspecified atom stereocenters. The van der Waals surface area contributed by atoms with E-state index in [1.807, 2.05) is 0 Å². The fourth-order valence-corrected chi connectivity index (χ4v) is 5.47. The summed E-state index contributed by atoms with van der Waals surface area (Å²) in [7, 11) is -3.98. The summed E-state index contributed by atoms with van der Waals surface area (Å²) in [5.41, 5.74) is 7.26. The van der Waals surface area contributed by atoms with Gasteiger partial charge in [0, 0.05) is 31.5 Å². The number of nitrogens with zero attached hydrogens (tertiary/aromatic N) is 1. The molecule has 2 heterocycles. The second-order valence-electron chi connectivity index (χ2n) is 7.54. The molecule has 9 heteroatoms. The summed E-state index contributed by atoms with van der Waals surface area (Å²) in [5, 5.41) is 2.83. The number of hydrogen-bond donors (Lipinski definition) is 2. The quantitative estimate of drug-likeness (QED) is 0.599. The van der Waals surface area contributed by atoms with Crippen LogP contribution in [0.15, 0.2) is 47.5 Å². The molecule has 0 bridgehead atoms. The molecule has 1 aromatic carbocycles. The molecule has 1 aliphatic rings. The number of carbonyl (C=O) groups is 2. The minimum absolute atomic E-state index is 0.0314. The number of unbranched alkanes of at least 4 members (excludes halogenated alkanes) is 1. The molecule has 8 nitrogen and oxygen atoms in total. The third kappa shape index (κ3) is 4.62. The Labute approximate surface area is 182 Å². The van der Waals surface area contributed by atoms with Crippen molar-refractivity contribution in [1.82, 2.24) is 10.3 Å². The predicted molar refractivity (Wildman–Crippen MR) is 116 cm³/mol. The molecule has 1 aliphatic heterocycles. The lowest BCUT2D eigenvalue weighted by Gasteiger charge is -2.33. The molecule has 0 spiro atoms. The van der Waals surface area contributed by atoms with E-state index in [9.17, 15) is 18.0 Å². The van der Waals surface area contributed by atoms with Crippen molar-refractivity contribution >= 4 is 21.7 Å². The first-order valence-corrected chi connectivity index (χ1v) is 11.8. The van der Waals surface area contributed by atoms with Gasteiger partial charge in [0.15, 0.2) is 14.6 Å². The molecule has 0 saturated carbocycles. The van der Waals surface area contributed by atoms with Gasteiger partial charge < -0.3 is 15.8 Å². The number of amides is 2. The summed E-state index contributed by atoms with van der Waals surface area (Å²) in [5.74, 6) is -1.03. The fraction of sp³-hybridized carbons (Fsp3) is 0.409. The smallest absolute Gasteiger partial charge is 0.252 e. The van der Waals surface area contributed by atoms with Gasteiger partial charge in [0.1, 0.15) is 0 Å². The van der Waals surface area contributed by atoms with Gasteiger partial charge in [-0.2, -0.15) is 0 Å². The first-order chi connectivity index (χ1) is 14.8. The second kappa shape index (κ2) is 9.57. The first kappa shape index (κ1) is 22.9. The van der Waals surface area contributed by atoms with Crippen LogP contribution in [0, 0.1) is 0 Å². The Bertz CT molecular complexity index is 1030. The Kier molecular flexibility index (Phi) is 7.07. The maximum atomic E-state index is 13.2. The Morgan fingerprint density at radius 2 is 1.81 bits per heavy atom. The Morgan fingerprint density at radius 3 is 2.35 bits per heavy atom. The molecule has 0 aliphatic carbocycles. The van der Waals surface area contributed by atoms with Crippen molar-refractivity contribution in [2.45, 2.75) is 42.2 Å². The van der Waals surface area contributed by atoms with Crippen LogP contribution in [0.25, 0.3) is 11.3 Å². The molecular weight excluding hydrogens is 418 g/mol. The highest BCUT2D eigenvalue weighted by atomic mass is 32.2. The number of rotatable bonds is 8. The topological polar surface area (TPSA) is 128 Å². The Balaban J connectivity index is 1.80. The van der Waals surface area contributed by atoms with Crippen LogP contribution in [0.2, 0.25) is 0 Å². The van der Waals surface area contributed by atoms with Crippen molar-refractivity contribution in [3.8, 4) is 11.3 Å². The summed E-state index contributed by atoms with van der Waals surface area (Å²) in [4.78, 5) is 28.5. The zero-order chi connectivity index (χ0) is 22.5. The SMILES string of the molecule is CCCCNC(=O)c1ccc(-c2ccc(S(=O)(=O)C3(C(N)=O)CCOCC3)cc2)nc1. The van der Waals surface area contributed by atoms with Gasteiger partial charge in [-0.3, -0.25) is 14.6 Å². The third-order valence-corrected chi connectivity index (χ3v) is 8.10. The molecule has 31 heavy (non-hydrogen) atoms.